The molecule has 0 aliphatic rings. The number of carbonyl (C=O) groups excluding carboxylic acids is 1. The minimum atomic E-state index is -0.174. The third-order valence-electron chi connectivity index (χ3n) is 2.57. The fourth-order valence-corrected chi connectivity index (χ4v) is 1.47. The Morgan fingerprint density at radius 3 is 2.89 bits per heavy atom. The number of hydrogen-bond acceptors (Lipinski definition) is 3. The van der Waals surface area contributed by atoms with Gasteiger partial charge in [-0.2, -0.15) is 0 Å². The van der Waals surface area contributed by atoms with E-state index in [-0.39, 0.29) is 18.4 Å². The molecule has 0 fully saturated rings. The van der Waals surface area contributed by atoms with Crippen LogP contribution in [0.2, 0.25) is 0 Å². The number of ether oxygens (including phenoxy) is 1. The first-order chi connectivity index (χ1) is 9.17. The molecule has 1 unspecified atom stereocenters. The van der Waals surface area contributed by atoms with E-state index in [1.54, 1.807) is 6.08 Å². The Labute approximate surface area is 114 Å². The van der Waals surface area contributed by atoms with Crippen molar-refractivity contribution in [1.82, 2.24) is 5.32 Å². The molecule has 0 aliphatic heterocycles. The molecule has 0 saturated carbocycles. The molecule has 0 spiro atoms. The van der Waals surface area contributed by atoms with Crippen molar-refractivity contribution in [3.05, 3.63) is 35.9 Å². The number of nitrogens with one attached hydrogen (secondary N) is 1. The second-order valence-electron chi connectivity index (χ2n) is 4.34. The third-order valence-corrected chi connectivity index (χ3v) is 2.57. The Morgan fingerprint density at radius 1 is 1.47 bits per heavy atom. The maximum atomic E-state index is 11.6. The van der Waals surface area contributed by atoms with Gasteiger partial charge in [0, 0.05) is 24.8 Å². The highest BCUT2D eigenvalue weighted by Crippen LogP contribution is 2.19. The van der Waals surface area contributed by atoms with Crippen LogP contribution in [-0.4, -0.2) is 30.8 Å². The largest absolute Gasteiger partial charge is 0.493 e. The summed E-state index contributed by atoms with van der Waals surface area (Å²) in [6.45, 7) is 4.91. The summed E-state index contributed by atoms with van der Waals surface area (Å²) < 4.78 is 5.47. The lowest BCUT2D eigenvalue weighted by Crippen LogP contribution is -2.27. The second kappa shape index (κ2) is 8.32. The van der Waals surface area contributed by atoms with Crippen molar-refractivity contribution in [3.63, 3.8) is 0 Å². The van der Waals surface area contributed by atoms with Gasteiger partial charge in [-0.15, -0.1) is 0 Å². The molecule has 0 aliphatic carbocycles. The molecule has 19 heavy (non-hydrogen) atoms. The molecule has 0 aromatic heterocycles. The van der Waals surface area contributed by atoms with Crippen LogP contribution in [0.15, 0.2) is 30.3 Å². The number of rotatable bonds is 7. The highest BCUT2D eigenvalue weighted by Gasteiger charge is 2.02. The fraction of sp³-hybridized carbons (Fsp3) is 0.400. The molecule has 4 heteroatoms. The predicted octanol–water partition coefficient (Wildman–Crippen LogP) is 1.84. The summed E-state index contributed by atoms with van der Waals surface area (Å²) >= 11 is 0. The number of para-hydroxylation sites is 1. The maximum absolute atomic E-state index is 11.6. The highest BCUT2D eigenvalue weighted by atomic mass is 16.5. The number of aliphatic hydroxyl groups excluding tert-OH is 1. The molecule has 0 radical (unpaired) electrons. The fourth-order valence-electron chi connectivity index (χ4n) is 1.47. The average molecular weight is 263 g/mol. The molecule has 4 nitrogen and oxygen atoms in total. The number of benzene rings is 1. The molecule has 104 valence electrons. The van der Waals surface area contributed by atoms with E-state index >= 15 is 0 Å². The maximum Gasteiger partial charge on any atom is 0.244 e. The summed E-state index contributed by atoms with van der Waals surface area (Å²) in [4.78, 5) is 11.6. The number of carbonyl (C=O) groups is 1. The predicted molar refractivity (Wildman–Crippen MR) is 75.9 cm³/mol. The molecule has 1 rings (SSSR count). The van der Waals surface area contributed by atoms with E-state index in [9.17, 15) is 4.79 Å². The monoisotopic (exact) mass is 263 g/mol. The van der Waals surface area contributed by atoms with Crippen LogP contribution in [0.4, 0.5) is 0 Å². The van der Waals surface area contributed by atoms with E-state index in [0.29, 0.717) is 13.2 Å². The number of hydrogen-bond donors (Lipinski definition) is 2. The van der Waals surface area contributed by atoms with E-state index < -0.39 is 0 Å². The van der Waals surface area contributed by atoms with Gasteiger partial charge in [0.1, 0.15) is 5.75 Å². The van der Waals surface area contributed by atoms with Gasteiger partial charge in [-0.1, -0.05) is 25.1 Å². The summed E-state index contributed by atoms with van der Waals surface area (Å²) in [7, 11) is 0. The summed E-state index contributed by atoms with van der Waals surface area (Å²) in [6.07, 6.45) is 3.20. The molecular weight excluding hydrogens is 242 g/mol. The minimum Gasteiger partial charge on any atom is -0.493 e. The van der Waals surface area contributed by atoms with Crippen molar-refractivity contribution in [2.75, 3.05) is 19.8 Å². The Morgan fingerprint density at radius 2 is 2.21 bits per heavy atom. The minimum absolute atomic E-state index is 0.0630. The number of amides is 1. The Bertz CT molecular complexity index is 429. The summed E-state index contributed by atoms with van der Waals surface area (Å²) in [5, 5.41) is 11.6. The topological polar surface area (TPSA) is 58.6 Å². The lowest BCUT2D eigenvalue weighted by atomic mass is 10.2. The van der Waals surface area contributed by atoms with E-state index in [1.807, 2.05) is 38.1 Å². The first-order valence-electron chi connectivity index (χ1n) is 6.46. The van der Waals surface area contributed by atoms with Crippen LogP contribution in [0.1, 0.15) is 19.4 Å². The van der Waals surface area contributed by atoms with E-state index in [4.69, 9.17) is 9.84 Å². The van der Waals surface area contributed by atoms with Crippen molar-refractivity contribution in [2.24, 2.45) is 5.92 Å². The van der Waals surface area contributed by atoms with Crippen molar-refractivity contribution in [2.45, 2.75) is 13.8 Å². The zero-order chi connectivity index (χ0) is 14.1. The zero-order valence-electron chi connectivity index (χ0n) is 11.4. The van der Waals surface area contributed by atoms with Crippen LogP contribution in [0.3, 0.4) is 0 Å². The molecular formula is C15H21NO3. The molecule has 1 aromatic carbocycles. The van der Waals surface area contributed by atoms with Crippen LogP contribution >= 0.6 is 0 Å². The number of aliphatic hydroxyl groups is 1. The molecule has 0 bridgehead atoms. The molecule has 0 heterocycles. The summed E-state index contributed by atoms with van der Waals surface area (Å²) in [5.74, 6) is 0.650. The lowest BCUT2D eigenvalue weighted by Gasteiger charge is -2.08. The van der Waals surface area contributed by atoms with Crippen LogP contribution in [0.5, 0.6) is 5.75 Å². The van der Waals surface area contributed by atoms with Crippen LogP contribution in [0, 0.1) is 5.92 Å². The van der Waals surface area contributed by atoms with Gasteiger partial charge in [0.25, 0.3) is 0 Å². The smallest absolute Gasteiger partial charge is 0.244 e. The van der Waals surface area contributed by atoms with Gasteiger partial charge in [0.15, 0.2) is 0 Å². The van der Waals surface area contributed by atoms with Crippen molar-refractivity contribution in [1.29, 1.82) is 0 Å². The van der Waals surface area contributed by atoms with Gasteiger partial charge in [-0.25, -0.2) is 0 Å². The van der Waals surface area contributed by atoms with E-state index in [1.165, 1.54) is 6.08 Å². The summed E-state index contributed by atoms with van der Waals surface area (Å²) in [5.41, 5.74) is 0.870. The zero-order valence-corrected chi connectivity index (χ0v) is 11.4. The Kier molecular flexibility index (Phi) is 6.68. The molecule has 1 amide bonds. The van der Waals surface area contributed by atoms with Gasteiger partial charge >= 0.3 is 0 Å². The van der Waals surface area contributed by atoms with Gasteiger partial charge in [-0.05, 0) is 25.0 Å². The standard InChI is InChI=1S/C15H21NO3/c1-3-19-14-7-5-4-6-13(14)8-9-15(18)16-10-12(2)11-17/h4-9,12,17H,3,10-11H2,1-2H3,(H,16,18)/b9-8+. The Hall–Kier alpha value is -1.81. The van der Waals surface area contributed by atoms with Gasteiger partial charge in [-0.3, -0.25) is 4.79 Å². The molecule has 1 atom stereocenters. The second-order valence-corrected chi connectivity index (χ2v) is 4.34. The molecule has 2 N–H and O–H groups in total. The quantitative estimate of drug-likeness (QED) is 0.738. The highest BCUT2D eigenvalue weighted by molar-refractivity contribution is 5.92. The van der Waals surface area contributed by atoms with Gasteiger partial charge in [0.2, 0.25) is 5.91 Å². The summed E-state index contributed by atoms with van der Waals surface area (Å²) in [6, 6.07) is 7.55. The van der Waals surface area contributed by atoms with Crippen LogP contribution in [0.25, 0.3) is 6.08 Å². The first-order valence-corrected chi connectivity index (χ1v) is 6.46. The normalized spacial score (nSPS) is 12.4. The SMILES string of the molecule is CCOc1ccccc1/C=C/C(=O)NCC(C)CO. The lowest BCUT2D eigenvalue weighted by molar-refractivity contribution is -0.116. The van der Waals surface area contributed by atoms with Crippen molar-refractivity contribution < 1.29 is 14.6 Å². The third kappa shape index (κ3) is 5.57. The average Bonchev–Trinajstić information content (AvgIpc) is 2.44. The van der Waals surface area contributed by atoms with Crippen molar-refractivity contribution in [3.8, 4) is 5.75 Å². The Balaban J connectivity index is 2.58. The first kappa shape index (κ1) is 15.2. The molecule has 1 aromatic rings. The van der Waals surface area contributed by atoms with E-state index in [2.05, 4.69) is 5.32 Å². The van der Waals surface area contributed by atoms with Crippen LogP contribution < -0.4 is 10.1 Å². The van der Waals surface area contributed by atoms with Crippen molar-refractivity contribution >= 4 is 12.0 Å². The van der Waals surface area contributed by atoms with E-state index in [0.717, 1.165) is 11.3 Å². The van der Waals surface area contributed by atoms with Gasteiger partial charge in [0.05, 0.1) is 6.61 Å². The molecule has 0 saturated heterocycles. The van der Waals surface area contributed by atoms with Crippen LogP contribution in [-0.2, 0) is 4.79 Å². The van der Waals surface area contributed by atoms with Gasteiger partial charge < -0.3 is 15.2 Å².